The van der Waals surface area contributed by atoms with Gasteiger partial charge >= 0.3 is 6.03 Å². The maximum atomic E-state index is 12.7. The average molecular weight is 453 g/mol. The number of carbonyl (C=O) groups excluding carboxylic acids is 2. The van der Waals surface area contributed by atoms with E-state index in [0.29, 0.717) is 18.8 Å². The topological polar surface area (TPSA) is 108 Å². The van der Waals surface area contributed by atoms with E-state index in [-0.39, 0.29) is 28.1 Å². The number of anilines is 2. The van der Waals surface area contributed by atoms with Gasteiger partial charge in [0.1, 0.15) is 0 Å². The molecule has 8 nitrogen and oxygen atoms in total. The highest BCUT2D eigenvalue weighted by atomic mass is 35.5. The SMILES string of the molecule is CCN(CC)S(=O)(=O)c1ccc(Cl)c(NC(=O)NCc2cccc(NC(C)=O)c2)c1. The number of hydrogen-bond acceptors (Lipinski definition) is 4. The van der Waals surface area contributed by atoms with Crippen LogP contribution in [0.3, 0.4) is 0 Å². The first-order valence-electron chi connectivity index (χ1n) is 9.38. The predicted octanol–water partition coefficient (Wildman–Crippen LogP) is 3.65. The van der Waals surface area contributed by atoms with Gasteiger partial charge in [-0.3, -0.25) is 4.79 Å². The molecule has 0 spiro atoms. The molecule has 0 unspecified atom stereocenters. The Balaban J connectivity index is 2.09. The molecule has 0 heterocycles. The Hall–Kier alpha value is -2.62. The van der Waals surface area contributed by atoms with Crippen molar-refractivity contribution < 1.29 is 18.0 Å². The molecule has 162 valence electrons. The van der Waals surface area contributed by atoms with Crippen LogP contribution in [0.15, 0.2) is 47.4 Å². The summed E-state index contributed by atoms with van der Waals surface area (Å²) >= 11 is 6.13. The summed E-state index contributed by atoms with van der Waals surface area (Å²) in [4.78, 5) is 23.5. The van der Waals surface area contributed by atoms with Gasteiger partial charge in [-0.25, -0.2) is 13.2 Å². The molecule has 0 aromatic heterocycles. The number of carbonyl (C=O) groups is 2. The molecular formula is C20H25ClN4O4S. The van der Waals surface area contributed by atoms with E-state index >= 15 is 0 Å². The first kappa shape index (κ1) is 23.7. The highest BCUT2D eigenvalue weighted by Gasteiger charge is 2.22. The fourth-order valence-electron chi connectivity index (χ4n) is 2.78. The number of urea groups is 1. The van der Waals surface area contributed by atoms with Crippen molar-refractivity contribution in [2.45, 2.75) is 32.2 Å². The van der Waals surface area contributed by atoms with Crippen molar-refractivity contribution in [1.29, 1.82) is 0 Å². The average Bonchev–Trinajstić information content (AvgIpc) is 2.68. The third-order valence-corrected chi connectivity index (χ3v) is 6.61. The fourth-order valence-corrected chi connectivity index (χ4v) is 4.43. The Morgan fingerprint density at radius 2 is 1.73 bits per heavy atom. The fraction of sp³-hybridized carbons (Fsp3) is 0.300. The Morgan fingerprint density at radius 1 is 1.03 bits per heavy atom. The smallest absolute Gasteiger partial charge is 0.319 e. The van der Waals surface area contributed by atoms with E-state index in [1.807, 2.05) is 0 Å². The second-order valence-corrected chi connectivity index (χ2v) is 8.77. The van der Waals surface area contributed by atoms with Crippen LogP contribution in [-0.2, 0) is 21.4 Å². The lowest BCUT2D eigenvalue weighted by Crippen LogP contribution is -2.31. The summed E-state index contributed by atoms with van der Waals surface area (Å²) in [6, 6.07) is 10.7. The number of halogens is 1. The van der Waals surface area contributed by atoms with E-state index in [1.54, 1.807) is 38.1 Å². The summed E-state index contributed by atoms with van der Waals surface area (Å²) in [6.07, 6.45) is 0. The van der Waals surface area contributed by atoms with Crippen LogP contribution in [0.2, 0.25) is 5.02 Å². The summed E-state index contributed by atoms with van der Waals surface area (Å²) in [5.41, 5.74) is 1.59. The van der Waals surface area contributed by atoms with Gasteiger partial charge in [0.2, 0.25) is 15.9 Å². The van der Waals surface area contributed by atoms with E-state index in [0.717, 1.165) is 5.56 Å². The molecule has 0 saturated carbocycles. The van der Waals surface area contributed by atoms with Crippen LogP contribution in [-0.4, -0.2) is 37.8 Å². The van der Waals surface area contributed by atoms with Crippen LogP contribution in [0, 0.1) is 0 Å². The largest absolute Gasteiger partial charge is 0.334 e. The Bertz CT molecular complexity index is 1020. The summed E-state index contributed by atoms with van der Waals surface area (Å²) in [5, 5.41) is 8.15. The lowest BCUT2D eigenvalue weighted by atomic mass is 10.2. The molecule has 0 aliphatic heterocycles. The molecule has 30 heavy (non-hydrogen) atoms. The highest BCUT2D eigenvalue weighted by Crippen LogP contribution is 2.27. The molecule has 2 rings (SSSR count). The second kappa shape index (κ2) is 10.4. The van der Waals surface area contributed by atoms with Gasteiger partial charge in [-0.2, -0.15) is 4.31 Å². The molecule has 0 saturated heterocycles. The van der Waals surface area contributed by atoms with Crippen LogP contribution in [0.1, 0.15) is 26.3 Å². The molecule has 3 amide bonds. The van der Waals surface area contributed by atoms with Gasteiger partial charge in [0.25, 0.3) is 0 Å². The third kappa shape index (κ3) is 6.19. The van der Waals surface area contributed by atoms with Gasteiger partial charge in [-0.1, -0.05) is 37.6 Å². The predicted molar refractivity (Wildman–Crippen MR) is 118 cm³/mol. The zero-order chi connectivity index (χ0) is 22.3. The van der Waals surface area contributed by atoms with Gasteiger partial charge in [-0.15, -0.1) is 0 Å². The van der Waals surface area contributed by atoms with E-state index in [9.17, 15) is 18.0 Å². The second-order valence-electron chi connectivity index (χ2n) is 6.42. The molecular weight excluding hydrogens is 428 g/mol. The van der Waals surface area contributed by atoms with Crippen LogP contribution < -0.4 is 16.0 Å². The normalized spacial score (nSPS) is 11.2. The lowest BCUT2D eigenvalue weighted by molar-refractivity contribution is -0.114. The number of sulfonamides is 1. The van der Waals surface area contributed by atoms with E-state index in [4.69, 9.17) is 11.6 Å². The van der Waals surface area contributed by atoms with Crippen molar-refractivity contribution in [3.63, 3.8) is 0 Å². The third-order valence-electron chi connectivity index (χ3n) is 4.23. The molecule has 0 fully saturated rings. The van der Waals surface area contributed by atoms with Crippen molar-refractivity contribution >= 4 is 44.9 Å². The minimum Gasteiger partial charge on any atom is -0.334 e. The van der Waals surface area contributed by atoms with Crippen molar-refractivity contribution in [1.82, 2.24) is 9.62 Å². The van der Waals surface area contributed by atoms with E-state index in [1.165, 1.54) is 29.4 Å². The standard InChI is InChI=1S/C20H25ClN4O4S/c1-4-25(5-2)30(28,29)17-9-10-18(21)19(12-17)24-20(27)22-13-15-7-6-8-16(11-15)23-14(3)26/h6-12H,4-5,13H2,1-3H3,(H,23,26)(H2,22,24,27). The number of amides is 3. The van der Waals surface area contributed by atoms with Gasteiger partial charge in [0.15, 0.2) is 0 Å². The quantitative estimate of drug-likeness (QED) is 0.568. The molecule has 0 aliphatic rings. The molecule has 2 aromatic rings. The van der Waals surface area contributed by atoms with Crippen molar-refractivity contribution in [2.24, 2.45) is 0 Å². The van der Waals surface area contributed by atoms with Crippen molar-refractivity contribution in [2.75, 3.05) is 23.7 Å². The van der Waals surface area contributed by atoms with Crippen molar-refractivity contribution in [3.05, 3.63) is 53.1 Å². The molecule has 10 heteroatoms. The molecule has 0 radical (unpaired) electrons. The summed E-state index contributed by atoms with van der Waals surface area (Å²) < 4.78 is 26.7. The minimum atomic E-state index is -3.68. The number of benzene rings is 2. The van der Waals surface area contributed by atoms with Crippen LogP contribution in [0.4, 0.5) is 16.2 Å². The molecule has 0 bridgehead atoms. The van der Waals surface area contributed by atoms with Crippen LogP contribution >= 0.6 is 11.6 Å². The van der Waals surface area contributed by atoms with Crippen LogP contribution in [0.5, 0.6) is 0 Å². The zero-order valence-corrected chi connectivity index (χ0v) is 18.6. The first-order chi connectivity index (χ1) is 14.2. The maximum Gasteiger partial charge on any atom is 0.319 e. The lowest BCUT2D eigenvalue weighted by Gasteiger charge is -2.19. The van der Waals surface area contributed by atoms with E-state index < -0.39 is 16.1 Å². The number of rotatable bonds is 8. The summed E-state index contributed by atoms with van der Waals surface area (Å²) in [6.45, 7) is 5.80. The first-order valence-corrected chi connectivity index (χ1v) is 11.2. The number of hydrogen-bond donors (Lipinski definition) is 3. The van der Waals surface area contributed by atoms with Crippen LogP contribution in [0.25, 0.3) is 0 Å². The molecule has 0 aliphatic carbocycles. The number of nitrogens with zero attached hydrogens (tertiary/aromatic N) is 1. The van der Waals surface area contributed by atoms with Gasteiger partial charge in [0.05, 0.1) is 15.6 Å². The summed E-state index contributed by atoms with van der Waals surface area (Å²) in [5.74, 6) is -0.188. The highest BCUT2D eigenvalue weighted by molar-refractivity contribution is 7.89. The van der Waals surface area contributed by atoms with E-state index in [2.05, 4.69) is 16.0 Å². The minimum absolute atomic E-state index is 0.0499. The van der Waals surface area contributed by atoms with Crippen molar-refractivity contribution in [3.8, 4) is 0 Å². The Morgan fingerprint density at radius 3 is 2.37 bits per heavy atom. The van der Waals surface area contributed by atoms with Gasteiger partial charge in [0, 0.05) is 32.2 Å². The zero-order valence-electron chi connectivity index (χ0n) is 17.0. The molecule has 0 atom stereocenters. The number of nitrogens with one attached hydrogen (secondary N) is 3. The molecule has 2 aromatic carbocycles. The van der Waals surface area contributed by atoms with Gasteiger partial charge in [-0.05, 0) is 35.9 Å². The van der Waals surface area contributed by atoms with Gasteiger partial charge < -0.3 is 16.0 Å². The summed E-state index contributed by atoms with van der Waals surface area (Å²) in [7, 11) is -3.68. The molecule has 3 N–H and O–H groups in total. The monoisotopic (exact) mass is 452 g/mol. The maximum absolute atomic E-state index is 12.7. The Labute approximate surface area is 181 Å². The Kier molecular flexibility index (Phi) is 8.22.